The van der Waals surface area contributed by atoms with E-state index in [2.05, 4.69) is 9.97 Å². The Balaban J connectivity index is 1.85. The van der Waals surface area contributed by atoms with E-state index < -0.39 is 11.4 Å². The molecule has 0 atom stereocenters. The lowest BCUT2D eigenvalue weighted by Crippen LogP contribution is -2.08. The second-order valence-electron chi connectivity index (χ2n) is 5.45. The summed E-state index contributed by atoms with van der Waals surface area (Å²) in [5.74, 6) is 0.410. The van der Waals surface area contributed by atoms with Gasteiger partial charge in [-0.05, 0) is 18.2 Å². The van der Waals surface area contributed by atoms with Gasteiger partial charge in [0.05, 0.1) is 7.11 Å². The molecule has 124 valence electrons. The number of nitrogens with one attached hydrogen (secondary N) is 1. The highest BCUT2D eigenvalue weighted by Gasteiger charge is 2.14. The van der Waals surface area contributed by atoms with Gasteiger partial charge < -0.3 is 14.1 Å². The SMILES string of the molecule is COc1ccc(-c2nc3cc(-c4ccccc4)oc3c(=O)[nH]2)cc1F. The Hall–Kier alpha value is -3.41. The van der Waals surface area contributed by atoms with Crippen LogP contribution in [-0.2, 0) is 0 Å². The first-order valence-corrected chi connectivity index (χ1v) is 7.59. The van der Waals surface area contributed by atoms with E-state index in [1.165, 1.54) is 19.2 Å². The largest absolute Gasteiger partial charge is 0.494 e. The van der Waals surface area contributed by atoms with Gasteiger partial charge in [0.2, 0.25) is 5.58 Å². The Labute approximate surface area is 141 Å². The highest BCUT2D eigenvalue weighted by atomic mass is 19.1. The van der Waals surface area contributed by atoms with Crippen LogP contribution in [0.4, 0.5) is 4.39 Å². The molecule has 0 aliphatic carbocycles. The van der Waals surface area contributed by atoms with Crippen LogP contribution in [0.5, 0.6) is 5.75 Å². The monoisotopic (exact) mass is 336 g/mol. The highest BCUT2D eigenvalue weighted by Crippen LogP contribution is 2.27. The molecule has 25 heavy (non-hydrogen) atoms. The molecule has 5 nitrogen and oxygen atoms in total. The van der Waals surface area contributed by atoms with Crippen LogP contribution >= 0.6 is 0 Å². The van der Waals surface area contributed by atoms with Gasteiger partial charge in [-0.1, -0.05) is 30.3 Å². The van der Waals surface area contributed by atoms with Crippen molar-refractivity contribution in [2.45, 2.75) is 0 Å². The van der Waals surface area contributed by atoms with Gasteiger partial charge in [-0.3, -0.25) is 4.79 Å². The van der Waals surface area contributed by atoms with Crippen molar-refractivity contribution in [2.24, 2.45) is 0 Å². The number of nitrogens with zero attached hydrogens (tertiary/aromatic N) is 1. The Bertz CT molecular complexity index is 1120. The van der Waals surface area contributed by atoms with E-state index in [0.29, 0.717) is 16.8 Å². The average Bonchev–Trinajstić information content (AvgIpc) is 3.07. The van der Waals surface area contributed by atoms with E-state index in [1.54, 1.807) is 12.1 Å². The number of aromatic amines is 1. The molecule has 0 aliphatic heterocycles. The van der Waals surface area contributed by atoms with E-state index in [9.17, 15) is 9.18 Å². The number of hydrogen-bond donors (Lipinski definition) is 1. The van der Waals surface area contributed by atoms with Gasteiger partial charge in [0.15, 0.2) is 11.6 Å². The Morgan fingerprint density at radius 2 is 1.88 bits per heavy atom. The predicted molar refractivity (Wildman–Crippen MR) is 92.0 cm³/mol. The molecule has 2 aromatic carbocycles. The van der Waals surface area contributed by atoms with E-state index >= 15 is 0 Å². The summed E-state index contributed by atoms with van der Waals surface area (Å²) < 4.78 is 24.4. The van der Waals surface area contributed by atoms with Crippen LogP contribution in [0.15, 0.2) is 63.8 Å². The smallest absolute Gasteiger partial charge is 0.294 e. The van der Waals surface area contributed by atoms with Crippen molar-refractivity contribution in [1.29, 1.82) is 0 Å². The van der Waals surface area contributed by atoms with E-state index in [-0.39, 0.29) is 17.2 Å². The molecular formula is C19H13FN2O3. The molecule has 0 bridgehead atoms. The topological polar surface area (TPSA) is 68.1 Å². The summed E-state index contributed by atoms with van der Waals surface area (Å²) >= 11 is 0. The van der Waals surface area contributed by atoms with Gasteiger partial charge in [0.25, 0.3) is 5.56 Å². The number of benzene rings is 2. The van der Waals surface area contributed by atoms with Gasteiger partial charge in [-0.2, -0.15) is 0 Å². The number of aromatic nitrogens is 2. The minimum absolute atomic E-state index is 0.127. The second kappa shape index (κ2) is 5.90. The molecule has 6 heteroatoms. The summed E-state index contributed by atoms with van der Waals surface area (Å²) in [6.07, 6.45) is 0. The lowest BCUT2D eigenvalue weighted by atomic mass is 10.2. The number of furan rings is 1. The van der Waals surface area contributed by atoms with Crippen LogP contribution in [0.25, 0.3) is 33.8 Å². The Morgan fingerprint density at radius 1 is 1.08 bits per heavy atom. The summed E-state index contributed by atoms with van der Waals surface area (Å²) in [5.41, 5.74) is 1.42. The molecule has 2 heterocycles. The third-order valence-electron chi connectivity index (χ3n) is 3.87. The predicted octanol–water partition coefficient (Wildman–Crippen LogP) is 4.00. The Morgan fingerprint density at radius 3 is 2.60 bits per heavy atom. The fourth-order valence-corrected chi connectivity index (χ4v) is 2.63. The quantitative estimate of drug-likeness (QED) is 0.614. The van der Waals surface area contributed by atoms with Crippen LogP contribution in [0, 0.1) is 5.82 Å². The maximum Gasteiger partial charge on any atom is 0.294 e. The van der Waals surface area contributed by atoms with Crippen molar-refractivity contribution >= 4 is 11.1 Å². The third-order valence-corrected chi connectivity index (χ3v) is 3.87. The zero-order valence-electron chi connectivity index (χ0n) is 13.2. The van der Waals surface area contributed by atoms with Crippen molar-refractivity contribution in [3.8, 4) is 28.5 Å². The first-order valence-electron chi connectivity index (χ1n) is 7.59. The fraction of sp³-hybridized carbons (Fsp3) is 0.0526. The van der Waals surface area contributed by atoms with Crippen molar-refractivity contribution in [1.82, 2.24) is 9.97 Å². The van der Waals surface area contributed by atoms with Crippen LogP contribution in [0.1, 0.15) is 0 Å². The molecular weight excluding hydrogens is 323 g/mol. The maximum absolute atomic E-state index is 13.9. The minimum atomic E-state index is -0.528. The van der Waals surface area contributed by atoms with Crippen LogP contribution < -0.4 is 10.3 Å². The third kappa shape index (κ3) is 2.67. The molecule has 4 aromatic rings. The summed E-state index contributed by atoms with van der Waals surface area (Å²) in [5, 5.41) is 0. The van der Waals surface area contributed by atoms with Gasteiger partial charge in [-0.25, -0.2) is 9.37 Å². The Kier molecular flexibility index (Phi) is 3.57. The number of ether oxygens (including phenoxy) is 1. The minimum Gasteiger partial charge on any atom is -0.494 e. The fourth-order valence-electron chi connectivity index (χ4n) is 2.63. The number of fused-ring (bicyclic) bond motifs is 1. The molecule has 0 spiro atoms. The molecule has 0 saturated carbocycles. The molecule has 4 rings (SSSR count). The number of rotatable bonds is 3. The van der Waals surface area contributed by atoms with Gasteiger partial charge in [-0.15, -0.1) is 0 Å². The van der Waals surface area contributed by atoms with Crippen molar-refractivity contribution in [2.75, 3.05) is 7.11 Å². The average molecular weight is 336 g/mol. The molecule has 0 amide bonds. The maximum atomic E-state index is 13.9. The molecule has 2 aromatic heterocycles. The van der Waals surface area contributed by atoms with Crippen LogP contribution in [0.2, 0.25) is 0 Å². The second-order valence-corrected chi connectivity index (χ2v) is 5.45. The van der Waals surface area contributed by atoms with Crippen LogP contribution in [0.3, 0.4) is 0 Å². The molecule has 0 unspecified atom stereocenters. The highest BCUT2D eigenvalue weighted by molar-refractivity contribution is 5.80. The number of halogens is 1. The van der Waals surface area contributed by atoms with Gasteiger partial charge in [0, 0.05) is 17.2 Å². The zero-order valence-corrected chi connectivity index (χ0v) is 13.2. The summed E-state index contributed by atoms with van der Waals surface area (Å²) in [6, 6.07) is 15.5. The molecule has 0 saturated heterocycles. The summed E-state index contributed by atoms with van der Waals surface area (Å²) in [7, 11) is 1.39. The lowest BCUT2D eigenvalue weighted by Gasteiger charge is -2.04. The lowest BCUT2D eigenvalue weighted by molar-refractivity contribution is 0.386. The van der Waals surface area contributed by atoms with Crippen LogP contribution in [-0.4, -0.2) is 17.1 Å². The van der Waals surface area contributed by atoms with Gasteiger partial charge in [0.1, 0.15) is 17.1 Å². The van der Waals surface area contributed by atoms with Crippen molar-refractivity contribution in [3.63, 3.8) is 0 Å². The standard InChI is InChI=1S/C19H13FN2O3/c1-24-15-8-7-12(9-13(15)20)18-21-14-10-16(11-5-3-2-4-6-11)25-17(14)19(23)22-18/h2-10H,1H3,(H,21,22,23). The molecule has 1 N–H and O–H groups in total. The van der Waals surface area contributed by atoms with E-state index in [1.807, 2.05) is 30.3 Å². The first-order chi connectivity index (χ1) is 12.2. The normalized spacial score (nSPS) is 11.0. The van der Waals surface area contributed by atoms with Gasteiger partial charge >= 0.3 is 0 Å². The summed E-state index contributed by atoms with van der Waals surface area (Å²) in [4.78, 5) is 19.3. The van der Waals surface area contributed by atoms with Crippen molar-refractivity contribution in [3.05, 3.63) is 70.8 Å². The number of hydrogen-bond acceptors (Lipinski definition) is 4. The summed E-state index contributed by atoms with van der Waals surface area (Å²) in [6.45, 7) is 0. The zero-order chi connectivity index (χ0) is 17.4. The molecule has 0 aliphatic rings. The number of methoxy groups -OCH3 is 1. The molecule has 0 radical (unpaired) electrons. The molecule has 0 fully saturated rings. The van der Waals surface area contributed by atoms with E-state index in [0.717, 1.165) is 5.56 Å². The van der Waals surface area contributed by atoms with E-state index in [4.69, 9.17) is 9.15 Å². The van der Waals surface area contributed by atoms with Crippen molar-refractivity contribution < 1.29 is 13.5 Å². The number of H-pyrrole nitrogens is 1. The first kappa shape index (κ1) is 15.1.